The first-order chi connectivity index (χ1) is 14.3. The predicted octanol–water partition coefficient (Wildman–Crippen LogP) is 2.13. The molecule has 6 nitrogen and oxygen atoms in total. The van der Waals surface area contributed by atoms with Gasteiger partial charge < -0.3 is 10.6 Å². The summed E-state index contributed by atoms with van der Waals surface area (Å²) >= 11 is 0. The molecular formula is C23H31FN4O2. The Morgan fingerprint density at radius 1 is 1.10 bits per heavy atom. The molecule has 2 bridgehead atoms. The van der Waals surface area contributed by atoms with Gasteiger partial charge in [-0.2, -0.15) is 0 Å². The van der Waals surface area contributed by atoms with E-state index in [1.165, 1.54) is 32.1 Å². The average molecular weight is 415 g/mol. The van der Waals surface area contributed by atoms with E-state index in [-0.39, 0.29) is 23.7 Å². The number of fused-ring (bicyclic) bond motifs is 2. The first-order valence-corrected chi connectivity index (χ1v) is 11.2. The van der Waals surface area contributed by atoms with Crippen LogP contribution in [-0.4, -0.2) is 55.0 Å². The Bertz CT molecular complexity index is 857. The molecule has 0 aromatic heterocycles. The van der Waals surface area contributed by atoms with Gasteiger partial charge in [0, 0.05) is 55.9 Å². The van der Waals surface area contributed by atoms with Gasteiger partial charge in [-0.1, -0.05) is 6.07 Å². The van der Waals surface area contributed by atoms with Gasteiger partial charge in [-0.25, -0.2) is 4.39 Å². The van der Waals surface area contributed by atoms with Crippen molar-refractivity contribution >= 4 is 17.5 Å². The van der Waals surface area contributed by atoms with E-state index in [1.807, 2.05) is 6.07 Å². The second kappa shape index (κ2) is 7.31. The van der Waals surface area contributed by atoms with Crippen molar-refractivity contribution in [1.82, 2.24) is 10.2 Å². The van der Waals surface area contributed by atoms with Crippen LogP contribution in [0, 0.1) is 11.2 Å². The first-order valence-electron chi connectivity index (χ1n) is 11.2. The Morgan fingerprint density at radius 2 is 1.83 bits per heavy atom. The molecule has 2 saturated heterocycles. The fourth-order valence-electron chi connectivity index (χ4n) is 6.22. The Kier molecular flexibility index (Phi) is 4.86. The molecule has 2 amide bonds. The molecule has 2 aliphatic carbocycles. The highest BCUT2D eigenvalue weighted by Gasteiger charge is 2.52. The Balaban J connectivity index is 1.20. The van der Waals surface area contributed by atoms with Crippen molar-refractivity contribution in [1.29, 1.82) is 0 Å². The lowest BCUT2D eigenvalue weighted by Gasteiger charge is -2.40. The summed E-state index contributed by atoms with van der Waals surface area (Å²) in [5, 5.41) is 2.31. The molecule has 2 saturated carbocycles. The molecule has 3 N–H and O–H groups in total. The lowest BCUT2D eigenvalue weighted by atomic mass is 9.83. The molecule has 4 aliphatic rings. The highest BCUT2D eigenvalue weighted by molar-refractivity contribution is 6.01. The van der Waals surface area contributed by atoms with E-state index in [4.69, 9.17) is 5.73 Å². The van der Waals surface area contributed by atoms with Gasteiger partial charge in [0.05, 0.1) is 5.92 Å². The highest BCUT2D eigenvalue weighted by atomic mass is 19.1. The van der Waals surface area contributed by atoms with Gasteiger partial charge in [-0.3, -0.25) is 19.8 Å². The molecule has 2 heterocycles. The Morgan fingerprint density at radius 3 is 2.43 bits per heavy atom. The number of hydrogen-bond donors (Lipinski definition) is 2. The molecule has 0 spiro atoms. The number of halogens is 1. The van der Waals surface area contributed by atoms with Gasteiger partial charge in [0.25, 0.3) is 0 Å². The van der Waals surface area contributed by atoms with Gasteiger partial charge in [0.15, 0.2) is 0 Å². The number of nitrogens with two attached hydrogens (primary N) is 1. The Labute approximate surface area is 177 Å². The van der Waals surface area contributed by atoms with E-state index < -0.39 is 11.8 Å². The zero-order valence-electron chi connectivity index (χ0n) is 17.5. The van der Waals surface area contributed by atoms with Gasteiger partial charge >= 0.3 is 0 Å². The summed E-state index contributed by atoms with van der Waals surface area (Å²) in [7, 11) is 0. The van der Waals surface area contributed by atoms with Crippen molar-refractivity contribution in [2.24, 2.45) is 11.1 Å². The highest BCUT2D eigenvalue weighted by Crippen LogP contribution is 2.55. The number of nitrogens with one attached hydrogen (secondary N) is 1. The van der Waals surface area contributed by atoms with Crippen LogP contribution in [-0.2, 0) is 9.59 Å². The average Bonchev–Trinajstić information content (AvgIpc) is 3.22. The number of rotatable bonds is 4. The number of piperazine rings is 1. The fraction of sp³-hybridized carbons (Fsp3) is 0.652. The summed E-state index contributed by atoms with van der Waals surface area (Å²) in [5.74, 6) is -1.62. The number of carbonyl (C=O) groups is 2. The standard InChI is InChI=1S/C23H31FN4O2/c24-19-13-16(1-2-17(19)18-3-4-20(29)26-21(18)30)28-11-9-27(10-12-28)15-22-5-7-23(25,14-22)8-6-22/h1-2,13,18H,3-12,14-15,25H2,(H,26,29,30). The maximum Gasteiger partial charge on any atom is 0.234 e. The number of carbonyl (C=O) groups excluding carboxylic acids is 2. The molecule has 162 valence electrons. The molecule has 1 atom stereocenters. The van der Waals surface area contributed by atoms with Crippen molar-refractivity contribution in [2.75, 3.05) is 37.6 Å². The molecule has 0 radical (unpaired) electrons. The van der Waals surface area contributed by atoms with Crippen molar-refractivity contribution in [3.05, 3.63) is 29.6 Å². The quantitative estimate of drug-likeness (QED) is 0.738. The summed E-state index contributed by atoms with van der Waals surface area (Å²) in [4.78, 5) is 28.2. The van der Waals surface area contributed by atoms with E-state index in [0.29, 0.717) is 17.4 Å². The van der Waals surface area contributed by atoms with Crippen LogP contribution in [0.4, 0.5) is 10.1 Å². The maximum atomic E-state index is 14.8. The van der Waals surface area contributed by atoms with Crippen molar-refractivity contribution in [3.63, 3.8) is 0 Å². The third-order valence-electron chi connectivity index (χ3n) is 7.93. The third-order valence-corrected chi connectivity index (χ3v) is 7.93. The molecule has 30 heavy (non-hydrogen) atoms. The van der Waals surface area contributed by atoms with Crippen LogP contribution < -0.4 is 16.0 Å². The van der Waals surface area contributed by atoms with Crippen molar-refractivity contribution < 1.29 is 14.0 Å². The van der Waals surface area contributed by atoms with Crippen molar-refractivity contribution in [3.8, 4) is 0 Å². The summed E-state index contributed by atoms with van der Waals surface area (Å²) < 4.78 is 14.8. The second-order valence-corrected chi connectivity index (χ2v) is 10.0. The summed E-state index contributed by atoms with van der Waals surface area (Å²) in [6, 6.07) is 5.17. The van der Waals surface area contributed by atoms with E-state index >= 15 is 0 Å². The van der Waals surface area contributed by atoms with Gasteiger partial charge in [0.1, 0.15) is 5.82 Å². The van der Waals surface area contributed by atoms with Crippen LogP contribution in [0.1, 0.15) is 56.4 Å². The van der Waals surface area contributed by atoms with Gasteiger partial charge in [-0.15, -0.1) is 0 Å². The zero-order valence-corrected chi connectivity index (χ0v) is 17.5. The number of nitrogens with zero attached hydrogens (tertiary/aromatic N) is 2. The monoisotopic (exact) mass is 414 g/mol. The third kappa shape index (κ3) is 3.62. The summed E-state index contributed by atoms with van der Waals surface area (Å²) in [6.45, 7) is 4.86. The van der Waals surface area contributed by atoms with E-state index in [9.17, 15) is 14.0 Å². The second-order valence-electron chi connectivity index (χ2n) is 10.0. The number of benzene rings is 1. The van der Waals surface area contributed by atoms with E-state index in [0.717, 1.165) is 38.4 Å². The van der Waals surface area contributed by atoms with Crippen LogP contribution in [0.15, 0.2) is 18.2 Å². The zero-order chi connectivity index (χ0) is 20.9. The summed E-state index contributed by atoms with van der Waals surface area (Å²) in [6.07, 6.45) is 6.66. The molecular weight excluding hydrogens is 383 g/mol. The van der Waals surface area contributed by atoms with Crippen LogP contribution in [0.3, 0.4) is 0 Å². The number of hydrogen-bond acceptors (Lipinski definition) is 5. The number of amides is 2. The normalized spacial score (nSPS) is 34.5. The van der Waals surface area contributed by atoms with Gasteiger partial charge in [0.2, 0.25) is 11.8 Å². The lowest BCUT2D eigenvalue weighted by molar-refractivity contribution is -0.134. The molecule has 7 heteroatoms. The Hall–Kier alpha value is -1.99. The molecule has 1 unspecified atom stereocenters. The lowest BCUT2D eigenvalue weighted by Crippen LogP contribution is -2.49. The minimum atomic E-state index is -0.583. The van der Waals surface area contributed by atoms with E-state index in [1.54, 1.807) is 12.1 Å². The minimum Gasteiger partial charge on any atom is -0.369 e. The molecule has 1 aromatic rings. The molecule has 5 rings (SSSR count). The molecule has 1 aromatic carbocycles. The van der Waals surface area contributed by atoms with Crippen LogP contribution >= 0.6 is 0 Å². The SMILES string of the molecule is NC12CCC(CN3CCN(c4ccc(C5CCC(=O)NC5=O)c(F)c4)CC3)(CC1)C2. The predicted molar refractivity (Wildman–Crippen MR) is 113 cm³/mol. The first kappa shape index (κ1) is 19.9. The number of imide groups is 1. The van der Waals surface area contributed by atoms with Crippen LogP contribution in [0.2, 0.25) is 0 Å². The fourth-order valence-corrected chi connectivity index (χ4v) is 6.22. The van der Waals surface area contributed by atoms with E-state index in [2.05, 4.69) is 15.1 Å². The smallest absolute Gasteiger partial charge is 0.234 e. The largest absolute Gasteiger partial charge is 0.369 e. The van der Waals surface area contributed by atoms with Crippen LogP contribution in [0.25, 0.3) is 0 Å². The number of piperidine rings is 1. The van der Waals surface area contributed by atoms with Gasteiger partial charge in [-0.05, 0) is 56.1 Å². The maximum absolute atomic E-state index is 14.8. The summed E-state index contributed by atoms with van der Waals surface area (Å²) in [5.41, 5.74) is 8.25. The minimum absolute atomic E-state index is 0.101. The van der Waals surface area contributed by atoms with Crippen molar-refractivity contribution in [2.45, 2.75) is 56.4 Å². The topological polar surface area (TPSA) is 78.7 Å². The van der Waals surface area contributed by atoms with Crippen LogP contribution in [0.5, 0.6) is 0 Å². The molecule has 2 aliphatic heterocycles. The number of anilines is 1. The molecule has 4 fully saturated rings.